The molecule has 1 aromatic rings. The number of carboxylic acid groups (broad SMARTS) is 1. The summed E-state index contributed by atoms with van der Waals surface area (Å²) in [7, 11) is 1.73. The highest BCUT2D eigenvalue weighted by molar-refractivity contribution is 5.93. The SMILES string of the molecule is CN(C(=O)CCCC(=O)N1CCC(C(=O)O)CC1)c1ccccc1. The Kier molecular flexibility index (Phi) is 6.35. The summed E-state index contributed by atoms with van der Waals surface area (Å²) in [4.78, 5) is 38.5. The van der Waals surface area contributed by atoms with Crippen molar-refractivity contribution in [1.82, 2.24) is 4.90 Å². The number of likely N-dealkylation sites (tertiary alicyclic amines) is 1. The molecule has 0 bridgehead atoms. The van der Waals surface area contributed by atoms with Crippen molar-refractivity contribution in [2.45, 2.75) is 32.1 Å². The van der Waals surface area contributed by atoms with Crippen LogP contribution in [0.3, 0.4) is 0 Å². The third kappa shape index (κ3) is 4.81. The van der Waals surface area contributed by atoms with Gasteiger partial charge in [0.25, 0.3) is 0 Å². The van der Waals surface area contributed by atoms with Crippen LogP contribution in [0.1, 0.15) is 32.1 Å². The number of carbonyl (C=O) groups is 3. The second-order valence-electron chi connectivity index (χ2n) is 6.14. The Labute approximate surface area is 142 Å². The summed E-state index contributed by atoms with van der Waals surface area (Å²) in [6.45, 7) is 0.987. The smallest absolute Gasteiger partial charge is 0.306 e. The molecule has 2 rings (SSSR count). The maximum atomic E-state index is 12.2. The molecule has 0 aliphatic carbocycles. The predicted octanol–water partition coefficient (Wildman–Crippen LogP) is 2.14. The van der Waals surface area contributed by atoms with Gasteiger partial charge in [0.05, 0.1) is 5.92 Å². The van der Waals surface area contributed by atoms with E-state index in [0.717, 1.165) is 5.69 Å². The average Bonchev–Trinajstić information content (AvgIpc) is 2.61. The summed E-state index contributed by atoms with van der Waals surface area (Å²) in [6.07, 6.45) is 2.18. The molecule has 0 spiro atoms. The molecule has 1 aromatic carbocycles. The zero-order valence-corrected chi connectivity index (χ0v) is 14.0. The van der Waals surface area contributed by atoms with Crippen molar-refractivity contribution in [3.05, 3.63) is 30.3 Å². The van der Waals surface area contributed by atoms with Gasteiger partial charge in [0.2, 0.25) is 11.8 Å². The topological polar surface area (TPSA) is 77.9 Å². The van der Waals surface area contributed by atoms with E-state index in [-0.39, 0.29) is 17.7 Å². The summed E-state index contributed by atoms with van der Waals surface area (Å²) in [6, 6.07) is 9.39. The van der Waals surface area contributed by atoms with Gasteiger partial charge in [-0.25, -0.2) is 0 Å². The summed E-state index contributed by atoms with van der Waals surface area (Å²) in [5, 5.41) is 8.97. The summed E-state index contributed by atoms with van der Waals surface area (Å²) < 4.78 is 0. The van der Waals surface area contributed by atoms with Gasteiger partial charge < -0.3 is 14.9 Å². The fraction of sp³-hybridized carbons (Fsp3) is 0.500. The van der Waals surface area contributed by atoms with E-state index in [0.29, 0.717) is 45.2 Å². The number of nitrogens with zero attached hydrogens (tertiary/aromatic N) is 2. The highest BCUT2D eigenvalue weighted by atomic mass is 16.4. The average molecular weight is 332 g/mol. The lowest BCUT2D eigenvalue weighted by Gasteiger charge is -2.30. The Morgan fingerprint density at radius 3 is 2.33 bits per heavy atom. The highest BCUT2D eigenvalue weighted by Crippen LogP contribution is 2.19. The molecule has 1 heterocycles. The van der Waals surface area contributed by atoms with E-state index in [1.54, 1.807) is 16.8 Å². The minimum Gasteiger partial charge on any atom is -0.481 e. The maximum Gasteiger partial charge on any atom is 0.306 e. The number of hydrogen-bond donors (Lipinski definition) is 1. The van der Waals surface area contributed by atoms with Crippen molar-refractivity contribution < 1.29 is 19.5 Å². The third-order valence-electron chi connectivity index (χ3n) is 4.50. The standard InChI is InChI=1S/C18H24N2O4/c1-19(15-6-3-2-4-7-15)16(21)8-5-9-17(22)20-12-10-14(11-13-20)18(23)24/h2-4,6-7,14H,5,8-13H2,1H3,(H,23,24). The van der Waals surface area contributed by atoms with Crippen molar-refractivity contribution in [2.75, 3.05) is 25.0 Å². The van der Waals surface area contributed by atoms with Crippen molar-refractivity contribution in [1.29, 1.82) is 0 Å². The number of benzene rings is 1. The molecular weight excluding hydrogens is 308 g/mol. The number of carboxylic acids is 1. The molecule has 0 radical (unpaired) electrons. The van der Waals surface area contributed by atoms with Crippen molar-refractivity contribution in [3.63, 3.8) is 0 Å². The second-order valence-corrected chi connectivity index (χ2v) is 6.14. The van der Waals surface area contributed by atoms with Crippen LogP contribution in [-0.4, -0.2) is 47.9 Å². The third-order valence-corrected chi connectivity index (χ3v) is 4.50. The van der Waals surface area contributed by atoms with Crippen molar-refractivity contribution in [3.8, 4) is 0 Å². The second kappa shape index (κ2) is 8.47. The first kappa shape index (κ1) is 18.0. The van der Waals surface area contributed by atoms with Gasteiger partial charge in [0, 0.05) is 38.7 Å². The normalized spacial score (nSPS) is 15.1. The molecule has 1 aliphatic heterocycles. The van der Waals surface area contributed by atoms with Gasteiger partial charge in [-0.15, -0.1) is 0 Å². The van der Waals surface area contributed by atoms with Gasteiger partial charge in [-0.1, -0.05) is 18.2 Å². The van der Waals surface area contributed by atoms with Crippen LogP contribution in [0.2, 0.25) is 0 Å². The van der Waals surface area contributed by atoms with Crippen LogP contribution >= 0.6 is 0 Å². The molecule has 2 amide bonds. The Morgan fingerprint density at radius 2 is 1.75 bits per heavy atom. The van der Waals surface area contributed by atoms with Gasteiger partial charge >= 0.3 is 5.97 Å². The summed E-state index contributed by atoms with van der Waals surface area (Å²) in [5.74, 6) is -1.13. The van der Waals surface area contributed by atoms with Crippen LogP contribution in [0.5, 0.6) is 0 Å². The number of anilines is 1. The molecule has 130 valence electrons. The Balaban J connectivity index is 1.71. The summed E-state index contributed by atoms with van der Waals surface area (Å²) in [5.41, 5.74) is 0.838. The van der Waals surface area contributed by atoms with E-state index in [4.69, 9.17) is 5.11 Å². The minimum atomic E-state index is -0.781. The quantitative estimate of drug-likeness (QED) is 0.866. The van der Waals surface area contributed by atoms with E-state index in [2.05, 4.69) is 0 Å². The molecular formula is C18H24N2O4. The molecule has 6 nitrogen and oxygen atoms in total. The lowest BCUT2D eigenvalue weighted by atomic mass is 9.97. The number of rotatable bonds is 6. The number of aliphatic carboxylic acids is 1. The minimum absolute atomic E-state index is 0.00834. The lowest BCUT2D eigenvalue weighted by Crippen LogP contribution is -2.40. The molecule has 1 aliphatic rings. The molecule has 24 heavy (non-hydrogen) atoms. The van der Waals surface area contributed by atoms with Crippen molar-refractivity contribution in [2.24, 2.45) is 5.92 Å². The Morgan fingerprint density at radius 1 is 1.12 bits per heavy atom. The van der Waals surface area contributed by atoms with E-state index in [1.807, 2.05) is 30.3 Å². The molecule has 0 unspecified atom stereocenters. The number of hydrogen-bond acceptors (Lipinski definition) is 3. The zero-order valence-electron chi connectivity index (χ0n) is 14.0. The molecule has 0 atom stereocenters. The van der Waals surface area contributed by atoms with Crippen molar-refractivity contribution >= 4 is 23.5 Å². The first-order valence-corrected chi connectivity index (χ1v) is 8.31. The molecule has 0 aromatic heterocycles. The number of carbonyl (C=O) groups excluding carboxylic acids is 2. The van der Waals surface area contributed by atoms with Crippen LogP contribution < -0.4 is 4.90 Å². The summed E-state index contributed by atoms with van der Waals surface area (Å²) >= 11 is 0. The highest BCUT2D eigenvalue weighted by Gasteiger charge is 2.26. The predicted molar refractivity (Wildman–Crippen MR) is 90.6 cm³/mol. The number of para-hydroxylation sites is 1. The van der Waals surface area contributed by atoms with E-state index < -0.39 is 5.97 Å². The van der Waals surface area contributed by atoms with Crippen LogP contribution in [0.4, 0.5) is 5.69 Å². The molecule has 0 saturated carbocycles. The Hall–Kier alpha value is -2.37. The largest absolute Gasteiger partial charge is 0.481 e. The van der Waals surface area contributed by atoms with Gasteiger partial charge in [0.1, 0.15) is 0 Å². The molecule has 6 heteroatoms. The molecule has 1 N–H and O–H groups in total. The van der Waals surface area contributed by atoms with Gasteiger partial charge in [-0.3, -0.25) is 14.4 Å². The van der Waals surface area contributed by atoms with Gasteiger partial charge in [0.15, 0.2) is 0 Å². The molecule has 1 saturated heterocycles. The lowest BCUT2D eigenvalue weighted by molar-refractivity contribution is -0.145. The maximum absolute atomic E-state index is 12.2. The first-order chi connectivity index (χ1) is 11.5. The van der Waals surface area contributed by atoms with Crippen LogP contribution in [0, 0.1) is 5.92 Å². The van der Waals surface area contributed by atoms with E-state index in [1.165, 1.54) is 0 Å². The fourth-order valence-electron chi connectivity index (χ4n) is 2.89. The van der Waals surface area contributed by atoms with E-state index in [9.17, 15) is 14.4 Å². The first-order valence-electron chi connectivity index (χ1n) is 8.31. The zero-order chi connectivity index (χ0) is 17.5. The molecule has 1 fully saturated rings. The Bertz CT molecular complexity index is 580. The van der Waals surface area contributed by atoms with Gasteiger partial charge in [-0.05, 0) is 31.4 Å². The number of amides is 2. The monoisotopic (exact) mass is 332 g/mol. The van der Waals surface area contributed by atoms with Crippen LogP contribution in [0.25, 0.3) is 0 Å². The van der Waals surface area contributed by atoms with Gasteiger partial charge in [-0.2, -0.15) is 0 Å². The number of piperidine rings is 1. The van der Waals surface area contributed by atoms with E-state index >= 15 is 0 Å². The van der Waals surface area contributed by atoms with Crippen LogP contribution in [-0.2, 0) is 14.4 Å². The fourth-order valence-corrected chi connectivity index (χ4v) is 2.89. The van der Waals surface area contributed by atoms with Crippen LogP contribution in [0.15, 0.2) is 30.3 Å².